The van der Waals surface area contributed by atoms with Crippen molar-refractivity contribution in [3.8, 4) is 5.75 Å². The molecule has 1 saturated heterocycles. The number of carbonyl (C=O) groups is 1. The van der Waals surface area contributed by atoms with Gasteiger partial charge in [0.15, 0.2) is 5.78 Å². The highest BCUT2D eigenvalue weighted by molar-refractivity contribution is 5.97. The van der Waals surface area contributed by atoms with E-state index in [1.165, 1.54) is 0 Å². The Morgan fingerprint density at radius 1 is 1.24 bits per heavy atom. The van der Waals surface area contributed by atoms with Crippen LogP contribution in [0.1, 0.15) is 16.8 Å². The largest absolute Gasteiger partial charge is 0.508 e. The maximum absolute atomic E-state index is 12.0. The molecule has 2 rings (SSSR count). The number of Topliss-reactive ketones (excluding diaryl/α,β-unsaturated/α-hetero) is 1. The fraction of sp³-hybridized carbons (Fsp3) is 0.462. The Morgan fingerprint density at radius 3 is 2.76 bits per heavy atom. The third-order valence-corrected chi connectivity index (χ3v) is 2.87. The lowest BCUT2D eigenvalue weighted by Crippen LogP contribution is -2.32. The summed E-state index contributed by atoms with van der Waals surface area (Å²) in [5, 5.41) is 9.16. The Bertz CT molecular complexity index is 367. The van der Waals surface area contributed by atoms with Crippen LogP contribution in [0.4, 0.5) is 0 Å². The van der Waals surface area contributed by atoms with Crippen molar-refractivity contribution >= 4 is 5.78 Å². The normalized spacial score (nSPS) is 17.6. The maximum atomic E-state index is 12.0. The third kappa shape index (κ3) is 3.54. The van der Waals surface area contributed by atoms with E-state index in [1.54, 1.807) is 24.3 Å². The molecule has 1 fully saturated rings. The molecule has 1 N–H and O–H groups in total. The van der Waals surface area contributed by atoms with Crippen molar-refractivity contribution in [1.82, 2.24) is 4.90 Å². The van der Waals surface area contributed by atoms with Crippen LogP contribution in [0.25, 0.3) is 0 Å². The van der Waals surface area contributed by atoms with E-state index >= 15 is 0 Å². The van der Waals surface area contributed by atoms with Crippen LogP contribution in [0.2, 0.25) is 0 Å². The SMILES string of the molecule is O=C(CN1CCCOCC1)c1ccc(O)cc1. The minimum Gasteiger partial charge on any atom is -0.508 e. The molecule has 0 radical (unpaired) electrons. The van der Waals surface area contributed by atoms with E-state index in [1.807, 2.05) is 0 Å². The molecule has 17 heavy (non-hydrogen) atoms. The average molecular weight is 235 g/mol. The lowest BCUT2D eigenvalue weighted by Gasteiger charge is -2.17. The predicted molar refractivity (Wildman–Crippen MR) is 64.3 cm³/mol. The van der Waals surface area contributed by atoms with E-state index in [-0.39, 0.29) is 11.5 Å². The Morgan fingerprint density at radius 2 is 2.00 bits per heavy atom. The molecule has 0 spiro atoms. The zero-order valence-corrected chi connectivity index (χ0v) is 9.76. The zero-order chi connectivity index (χ0) is 12.1. The molecule has 0 aromatic heterocycles. The van der Waals surface area contributed by atoms with E-state index in [9.17, 15) is 4.79 Å². The summed E-state index contributed by atoms with van der Waals surface area (Å²) in [5.41, 5.74) is 0.646. The summed E-state index contributed by atoms with van der Waals surface area (Å²) < 4.78 is 5.34. The average Bonchev–Trinajstić information content (AvgIpc) is 2.58. The lowest BCUT2D eigenvalue weighted by atomic mass is 10.1. The summed E-state index contributed by atoms with van der Waals surface area (Å²) >= 11 is 0. The van der Waals surface area contributed by atoms with Crippen LogP contribution >= 0.6 is 0 Å². The summed E-state index contributed by atoms with van der Waals surface area (Å²) in [7, 11) is 0. The van der Waals surface area contributed by atoms with Crippen molar-refractivity contribution < 1.29 is 14.6 Å². The first-order valence-corrected chi connectivity index (χ1v) is 5.88. The molecule has 1 aliphatic rings. The number of hydrogen-bond acceptors (Lipinski definition) is 4. The van der Waals surface area contributed by atoms with Crippen LogP contribution in [0.15, 0.2) is 24.3 Å². The number of phenolic OH excluding ortho intramolecular Hbond substituents is 1. The first-order chi connectivity index (χ1) is 8.25. The van der Waals surface area contributed by atoms with E-state index in [2.05, 4.69) is 4.90 Å². The molecule has 92 valence electrons. The second-order valence-corrected chi connectivity index (χ2v) is 4.21. The second kappa shape index (κ2) is 5.80. The van der Waals surface area contributed by atoms with Gasteiger partial charge in [0.2, 0.25) is 0 Å². The standard InChI is InChI=1S/C13H17NO3/c15-12-4-2-11(3-5-12)13(16)10-14-6-1-8-17-9-7-14/h2-5,15H,1,6-10H2. The van der Waals surface area contributed by atoms with Gasteiger partial charge in [-0.2, -0.15) is 0 Å². The number of benzene rings is 1. The van der Waals surface area contributed by atoms with Gasteiger partial charge in [-0.1, -0.05) is 0 Å². The van der Waals surface area contributed by atoms with Crippen molar-refractivity contribution in [3.63, 3.8) is 0 Å². The second-order valence-electron chi connectivity index (χ2n) is 4.21. The van der Waals surface area contributed by atoms with Gasteiger partial charge in [0.1, 0.15) is 5.75 Å². The number of ether oxygens (including phenoxy) is 1. The van der Waals surface area contributed by atoms with E-state index in [0.717, 1.165) is 26.1 Å². The Balaban J connectivity index is 1.93. The minimum absolute atomic E-state index is 0.0897. The van der Waals surface area contributed by atoms with Gasteiger partial charge in [-0.15, -0.1) is 0 Å². The number of phenols is 1. The summed E-state index contributed by atoms with van der Waals surface area (Å²) in [6.45, 7) is 3.62. The number of carbonyl (C=O) groups excluding carboxylic acids is 1. The van der Waals surface area contributed by atoms with Gasteiger partial charge in [0.25, 0.3) is 0 Å². The highest BCUT2D eigenvalue weighted by atomic mass is 16.5. The van der Waals surface area contributed by atoms with Gasteiger partial charge in [-0.3, -0.25) is 9.69 Å². The Hall–Kier alpha value is -1.39. The predicted octanol–water partition coefficient (Wildman–Crippen LogP) is 1.30. The van der Waals surface area contributed by atoms with Crippen LogP contribution in [-0.2, 0) is 4.74 Å². The number of nitrogens with zero attached hydrogens (tertiary/aromatic N) is 1. The zero-order valence-electron chi connectivity index (χ0n) is 9.76. The van der Waals surface area contributed by atoms with Crippen LogP contribution in [0, 0.1) is 0 Å². The number of rotatable bonds is 3. The molecule has 0 bridgehead atoms. The molecule has 0 atom stereocenters. The Kier molecular flexibility index (Phi) is 4.12. The van der Waals surface area contributed by atoms with Crippen molar-refractivity contribution in [2.45, 2.75) is 6.42 Å². The smallest absolute Gasteiger partial charge is 0.176 e. The minimum atomic E-state index is 0.0897. The van der Waals surface area contributed by atoms with Crippen molar-refractivity contribution in [2.24, 2.45) is 0 Å². The summed E-state index contributed by atoms with van der Waals surface area (Å²) in [4.78, 5) is 14.1. The summed E-state index contributed by atoms with van der Waals surface area (Å²) in [6, 6.07) is 6.40. The number of ketones is 1. The van der Waals surface area contributed by atoms with E-state index < -0.39 is 0 Å². The summed E-state index contributed by atoms with van der Waals surface area (Å²) in [6.07, 6.45) is 0.975. The monoisotopic (exact) mass is 235 g/mol. The highest BCUT2D eigenvalue weighted by Crippen LogP contribution is 2.11. The van der Waals surface area contributed by atoms with Gasteiger partial charge in [-0.05, 0) is 30.7 Å². The molecule has 1 aliphatic heterocycles. The first kappa shape index (κ1) is 12.1. The van der Waals surface area contributed by atoms with Crippen LogP contribution in [-0.4, -0.2) is 48.6 Å². The van der Waals surface area contributed by atoms with Crippen molar-refractivity contribution in [1.29, 1.82) is 0 Å². The van der Waals surface area contributed by atoms with Crippen LogP contribution in [0.5, 0.6) is 5.75 Å². The molecule has 1 heterocycles. The topological polar surface area (TPSA) is 49.8 Å². The van der Waals surface area contributed by atoms with Gasteiger partial charge in [-0.25, -0.2) is 0 Å². The fourth-order valence-electron chi connectivity index (χ4n) is 1.90. The quantitative estimate of drug-likeness (QED) is 0.802. The molecule has 1 aromatic rings. The van der Waals surface area contributed by atoms with Gasteiger partial charge >= 0.3 is 0 Å². The summed E-state index contributed by atoms with van der Waals surface area (Å²) in [5.74, 6) is 0.275. The fourth-order valence-corrected chi connectivity index (χ4v) is 1.90. The van der Waals surface area contributed by atoms with Gasteiger partial charge in [0.05, 0.1) is 13.2 Å². The van der Waals surface area contributed by atoms with Crippen LogP contribution in [0.3, 0.4) is 0 Å². The van der Waals surface area contributed by atoms with E-state index in [4.69, 9.17) is 9.84 Å². The van der Waals surface area contributed by atoms with Crippen molar-refractivity contribution in [3.05, 3.63) is 29.8 Å². The molecule has 4 nitrogen and oxygen atoms in total. The highest BCUT2D eigenvalue weighted by Gasteiger charge is 2.14. The molecule has 0 unspecified atom stereocenters. The van der Waals surface area contributed by atoms with Gasteiger partial charge < -0.3 is 9.84 Å². The molecule has 4 heteroatoms. The molecule has 0 saturated carbocycles. The first-order valence-electron chi connectivity index (χ1n) is 5.88. The molecular formula is C13H17NO3. The molecular weight excluding hydrogens is 218 g/mol. The molecule has 1 aromatic carbocycles. The van der Waals surface area contributed by atoms with Crippen LogP contribution < -0.4 is 0 Å². The third-order valence-electron chi connectivity index (χ3n) is 2.87. The lowest BCUT2D eigenvalue weighted by molar-refractivity contribution is 0.0922. The number of hydrogen-bond donors (Lipinski definition) is 1. The molecule has 0 aliphatic carbocycles. The Labute approximate surface area is 101 Å². The molecule has 0 amide bonds. The van der Waals surface area contributed by atoms with Gasteiger partial charge in [0, 0.05) is 25.3 Å². The maximum Gasteiger partial charge on any atom is 0.176 e. The van der Waals surface area contributed by atoms with E-state index in [0.29, 0.717) is 18.7 Å². The van der Waals surface area contributed by atoms with Crippen molar-refractivity contribution in [2.75, 3.05) is 32.8 Å². The number of aromatic hydroxyl groups is 1.